The molecule has 1 fully saturated rings. The molecule has 0 amide bonds. The maximum atomic E-state index is 13.6. The molecule has 1 aliphatic heterocycles. The second-order valence-corrected chi connectivity index (χ2v) is 10.5. The van der Waals surface area contributed by atoms with Crippen LogP contribution in [-0.2, 0) is 6.42 Å². The number of rotatable bonds is 5. The summed E-state index contributed by atoms with van der Waals surface area (Å²) in [5.74, 6) is -0.0200. The van der Waals surface area contributed by atoms with Gasteiger partial charge in [-0.05, 0) is 70.0 Å². The Balaban J connectivity index is 1.18. The van der Waals surface area contributed by atoms with Gasteiger partial charge in [-0.1, -0.05) is 28.9 Å². The lowest BCUT2D eigenvalue weighted by atomic mass is 9.91. The van der Waals surface area contributed by atoms with Gasteiger partial charge in [0.25, 0.3) is 5.56 Å². The van der Waals surface area contributed by atoms with Gasteiger partial charge in [-0.3, -0.25) is 9.20 Å². The highest BCUT2D eigenvalue weighted by Gasteiger charge is 2.25. The van der Waals surface area contributed by atoms with E-state index in [1.807, 2.05) is 24.4 Å². The molecule has 36 heavy (non-hydrogen) atoms. The van der Waals surface area contributed by atoms with E-state index in [0.29, 0.717) is 17.9 Å². The standard InChI is InChI=1S/C28H27FN4O2S/c1-17-4-3-5-20(14-17)24-16-36-28-30-18(2)22(27(34)33(24)28)10-13-32-11-8-19(9-12-32)26-23-7-6-21(29)15-25(23)35-31-26/h3-7,14-16,19H,8-13H2,1-2H3. The number of hydrogen-bond donors (Lipinski definition) is 0. The number of fused-ring (bicyclic) bond motifs is 2. The van der Waals surface area contributed by atoms with Crippen molar-refractivity contribution in [2.75, 3.05) is 19.6 Å². The van der Waals surface area contributed by atoms with Crippen molar-refractivity contribution in [2.24, 2.45) is 0 Å². The van der Waals surface area contributed by atoms with Gasteiger partial charge < -0.3 is 9.42 Å². The lowest BCUT2D eigenvalue weighted by Gasteiger charge is -2.31. The van der Waals surface area contributed by atoms with E-state index in [9.17, 15) is 9.18 Å². The Morgan fingerprint density at radius 1 is 1.14 bits per heavy atom. The highest BCUT2D eigenvalue weighted by molar-refractivity contribution is 7.15. The average molecular weight is 503 g/mol. The number of hydrogen-bond acceptors (Lipinski definition) is 6. The molecule has 0 spiro atoms. The van der Waals surface area contributed by atoms with Crippen molar-refractivity contribution in [3.05, 3.63) is 86.5 Å². The van der Waals surface area contributed by atoms with E-state index in [0.717, 1.165) is 76.6 Å². The van der Waals surface area contributed by atoms with Crippen LogP contribution in [0.5, 0.6) is 0 Å². The van der Waals surface area contributed by atoms with Crippen molar-refractivity contribution in [1.29, 1.82) is 0 Å². The van der Waals surface area contributed by atoms with Gasteiger partial charge in [-0.15, -0.1) is 11.3 Å². The normalized spacial score (nSPS) is 15.3. The first-order valence-corrected chi connectivity index (χ1v) is 13.2. The lowest BCUT2D eigenvalue weighted by molar-refractivity contribution is 0.211. The number of thiazole rings is 1. The number of aryl methyl sites for hydroxylation is 2. The lowest BCUT2D eigenvalue weighted by Crippen LogP contribution is -2.35. The van der Waals surface area contributed by atoms with Crippen LogP contribution in [0.1, 0.15) is 41.3 Å². The maximum Gasteiger partial charge on any atom is 0.262 e. The molecule has 0 bridgehead atoms. The van der Waals surface area contributed by atoms with Crippen LogP contribution in [0.3, 0.4) is 0 Å². The van der Waals surface area contributed by atoms with Crippen molar-refractivity contribution in [1.82, 2.24) is 19.4 Å². The topological polar surface area (TPSA) is 63.6 Å². The third-order valence-electron chi connectivity index (χ3n) is 7.30. The van der Waals surface area contributed by atoms with Gasteiger partial charge in [0, 0.05) is 40.6 Å². The minimum Gasteiger partial charge on any atom is -0.356 e. The average Bonchev–Trinajstić information content (AvgIpc) is 3.48. The fourth-order valence-electron chi connectivity index (χ4n) is 5.30. The number of benzene rings is 2. The molecule has 0 unspecified atom stereocenters. The summed E-state index contributed by atoms with van der Waals surface area (Å²) in [5, 5.41) is 7.18. The molecule has 184 valence electrons. The molecule has 0 saturated carbocycles. The Bertz CT molecular complexity index is 1630. The Labute approximate surface area is 212 Å². The van der Waals surface area contributed by atoms with Crippen LogP contribution < -0.4 is 5.56 Å². The largest absolute Gasteiger partial charge is 0.356 e. The highest BCUT2D eigenvalue weighted by atomic mass is 32.1. The van der Waals surface area contributed by atoms with Crippen molar-refractivity contribution < 1.29 is 8.91 Å². The van der Waals surface area contributed by atoms with E-state index < -0.39 is 0 Å². The Kier molecular flexibility index (Phi) is 5.93. The summed E-state index contributed by atoms with van der Waals surface area (Å²) in [6.45, 7) is 6.65. The van der Waals surface area contributed by atoms with E-state index in [2.05, 4.69) is 29.1 Å². The van der Waals surface area contributed by atoms with Gasteiger partial charge in [-0.2, -0.15) is 0 Å². The summed E-state index contributed by atoms with van der Waals surface area (Å²) < 4.78 is 20.6. The summed E-state index contributed by atoms with van der Waals surface area (Å²) >= 11 is 1.51. The first-order chi connectivity index (χ1) is 17.5. The first kappa shape index (κ1) is 23.1. The minimum absolute atomic E-state index is 0.0337. The fourth-order valence-corrected chi connectivity index (χ4v) is 6.24. The smallest absolute Gasteiger partial charge is 0.262 e. The molecule has 4 heterocycles. The van der Waals surface area contributed by atoms with Crippen molar-refractivity contribution in [3.63, 3.8) is 0 Å². The summed E-state index contributed by atoms with van der Waals surface area (Å²) in [7, 11) is 0. The van der Waals surface area contributed by atoms with Gasteiger partial charge in [0.15, 0.2) is 10.5 Å². The molecule has 0 N–H and O–H groups in total. The molecule has 2 aromatic carbocycles. The molecular weight excluding hydrogens is 475 g/mol. The molecule has 0 aliphatic carbocycles. The second-order valence-electron chi connectivity index (χ2n) is 9.66. The first-order valence-electron chi connectivity index (χ1n) is 12.3. The van der Waals surface area contributed by atoms with Gasteiger partial charge in [0.05, 0.1) is 11.4 Å². The van der Waals surface area contributed by atoms with Crippen molar-refractivity contribution >= 4 is 27.3 Å². The molecule has 0 atom stereocenters. The second kappa shape index (κ2) is 9.26. The van der Waals surface area contributed by atoms with Crippen LogP contribution >= 0.6 is 11.3 Å². The highest BCUT2D eigenvalue weighted by Crippen LogP contribution is 2.33. The quantitative estimate of drug-likeness (QED) is 0.307. The molecule has 8 heteroatoms. The number of nitrogens with zero attached hydrogens (tertiary/aromatic N) is 4. The predicted molar refractivity (Wildman–Crippen MR) is 140 cm³/mol. The molecular formula is C28H27FN4O2S. The van der Waals surface area contributed by atoms with E-state index in [1.165, 1.54) is 23.5 Å². The summed E-state index contributed by atoms with van der Waals surface area (Å²) in [6.07, 6.45) is 2.58. The van der Waals surface area contributed by atoms with Gasteiger partial charge in [0.2, 0.25) is 0 Å². The molecule has 1 aliphatic rings. The van der Waals surface area contributed by atoms with Crippen LogP contribution in [0, 0.1) is 19.7 Å². The summed E-state index contributed by atoms with van der Waals surface area (Å²) in [5.41, 5.74) is 6.16. The van der Waals surface area contributed by atoms with Gasteiger partial charge in [0.1, 0.15) is 5.82 Å². The molecule has 5 aromatic rings. The summed E-state index contributed by atoms with van der Waals surface area (Å²) in [4.78, 5) is 21.5. The SMILES string of the molecule is Cc1cccc(-c2csc3nc(C)c(CCN4CCC(c5noc6cc(F)ccc56)CC4)c(=O)n23)c1. The molecule has 1 saturated heterocycles. The minimum atomic E-state index is -0.313. The van der Waals surface area contributed by atoms with E-state index >= 15 is 0 Å². The van der Waals surface area contributed by atoms with E-state index in [4.69, 9.17) is 9.51 Å². The molecule has 6 rings (SSSR count). The Morgan fingerprint density at radius 2 is 1.97 bits per heavy atom. The zero-order chi connectivity index (χ0) is 24.8. The summed E-state index contributed by atoms with van der Waals surface area (Å²) in [6, 6.07) is 12.8. The van der Waals surface area contributed by atoms with Crippen LogP contribution in [0.25, 0.3) is 27.2 Å². The molecule has 3 aromatic heterocycles. The number of piperidine rings is 1. The Hall–Kier alpha value is -3.36. The molecule has 0 radical (unpaired) electrons. The monoisotopic (exact) mass is 502 g/mol. The van der Waals surface area contributed by atoms with Crippen LogP contribution in [0.4, 0.5) is 4.39 Å². The third kappa shape index (κ3) is 4.14. The van der Waals surface area contributed by atoms with Gasteiger partial charge in [-0.25, -0.2) is 9.37 Å². The zero-order valence-corrected chi connectivity index (χ0v) is 21.1. The van der Waals surface area contributed by atoms with E-state index in [-0.39, 0.29) is 11.4 Å². The van der Waals surface area contributed by atoms with Gasteiger partial charge >= 0.3 is 0 Å². The van der Waals surface area contributed by atoms with Crippen LogP contribution in [-0.4, -0.2) is 39.1 Å². The zero-order valence-electron chi connectivity index (χ0n) is 20.3. The van der Waals surface area contributed by atoms with E-state index in [1.54, 1.807) is 10.5 Å². The van der Waals surface area contributed by atoms with Crippen LogP contribution in [0.15, 0.2) is 57.2 Å². The fraction of sp³-hybridized carbons (Fsp3) is 0.321. The Morgan fingerprint density at radius 3 is 2.78 bits per heavy atom. The van der Waals surface area contributed by atoms with Crippen molar-refractivity contribution in [3.8, 4) is 11.3 Å². The number of likely N-dealkylation sites (tertiary alicyclic amines) is 1. The number of aromatic nitrogens is 3. The molecule has 6 nitrogen and oxygen atoms in total. The predicted octanol–water partition coefficient (Wildman–Crippen LogP) is 5.74. The third-order valence-corrected chi connectivity index (χ3v) is 8.12. The number of halogens is 1. The van der Waals surface area contributed by atoms with Crippen molar-refractivity contribution in [2.45, 2.75) is 39.0 Å². The maximum absolute atomic E-state index is 13.6. The van der Waals surface area contributed by atoms with Crippen LogP contribution in [0.2, 0.25) is 0 Å².